The van der Waals surface area contributed by atoms with Crippen LogP contribution in [0.3, 0.4) is 0 Å². The highest BCUT2D eigenvalue weighted by Crippen LogP contribution is 2.08. The summed E-state index contributed by atoms with van der Waals surface area (Å²) in [6.07, 6.45) is 3.17. The molecule has 0 aromatic carbocycles. The van der Waals surface area contributed by atoms with Crippen LogP contribution in [0.15, 0.2) is 27.8 Å². The Morgan fingerprint density at radius 3 is 2.71 bits per heavy atom. The summed E-state index contributed by atoms with van der Waals surface area (Å²) < 4.78 is 6.80. The van der Waals surface area contributed by atoms with E-state index in [1.165, 1.54) is 10.9 Å². The normalized spacial score (nSPS) is 11.1. The van der Waals surface area contributed by atoms with E-state index in [2.05, 4.69) is 9.97 Å². The SMILES string of the molecule is Cc1cnc(Cn2cnc(C(C)C)cc2=O)o1. The molecule has 0 aliphatic carbocycles. The van der Waals surface area contributed by atoms with Crippen LogP contribution in [0.25, 0.3) is 0 Å². The highest BCUT2D eigenvalue weighted by Gasteiger charge is 2.06. The Hall–Kier alpha value is -1.91. The van der Waals surface area contributed by atoms with E-state index in [1.807, 2.05) is 20.8 Å². The summed E-state index contributed by atoms with van der Waals surface area (Å²) in [6.45, 7) is 6.14. The first-order chi connectivity index (χ1) is 8.06. The molecule has 0 saturated heterocycles. The highest BCUT2D eigenvalue weighted by molar-refractivity contribution is 5.04. The Bertz CT molecular complexity index is 569. The fourth-order valence-corrected chi connectivity index (χ4v) is 1.49. The lowest BCUT2D eigenvalue weighted by Crippen LogP contribution is -2.21. The first-order valence-electron chi connectivity index (χ1n) is 5.54. The quantitative estimate of drug-likeness (QED) is 0.809. The lowest BCUT2D eigenvalue weighted by molar-refractivity contribution is 0.452. The number of hydrogen-bond acceptors (Lipinski definition) is 4. The topological polar surface area (TPSA) is 60.9 Å². The van der Waals surface area contributed by atoms with E-state index in [-0.39, 0.29) is 11.5 Å². The van der Waals surface area contributed by atoms with Crippen LogP contribution >= 0.6 is 0 Å². The molecule has 5 nitrogen and oxygen atoms in total. The van der Waals surface area contributed by atoms with Crippen molar-refractivity contribution in [1.29, 1.82) is 0 Å². The number of aryl methyl sites for hydroxylation is 1. The molecule has 2 aromatic heterocycles. The lowest BCUT2D eigenvalue weighted by Gasteiger charge is -2.06. The fourth-order valence-electron chi connectivity index (χ4n) is 1.49. The molecular weight excluding hydrogens is 218 g/mol. The predicted octanol–water partition coefficient (Wildman–Crippen LogP) is 1.71. The summed E-state index contributed by atoms with van der Waals surface area (Å²) in [4.78, 5) is 20.1. The van der Waals surface area contributed by atoms with E-state index >= 15 is 0 Å². The third kappa shape index (κ3) is 2.61. The van der Waals surface area contributed by atoms with Gasteiger partial charge in [-0.05, 0) is 12.8 Å². The Labute approximate surface area is 99.1 Å². The zero-order valence-electron chi connectivity index (χ0n) is 10.2. The minimum atomic E-state index is -0.0837. The minimum absolute atomic E-state index is 0.0837. The van der Waals surface area contributed by atoms with Gasteiger partial charge in [0.2, 0.25) is 5.89 Å². The van der Waals surface area contributed by atoms with Gasteiger partial charge in [0.25, 0.3) is 5.56 Å². The average Bonchev–Trinajstić information content (AvgIpc) is 2.67. The Morgan fingerprint density at radius 1 is 1.41 bits per heavy atom. The van der Waals surface area contributed by atoms with Crippen molar-refractivity contribution in [3.63, 3.8) is 0 Å². The summed E-state index contributed by atoms with van der Waals surface area (Å²) in [7, 11) is 0. The molecule has 0 N–H and O–H groups in total. The summed E-state index contributed by atoms with van der Waals surface area (Å²) in [5, 5.41) is 0. The summed E-state index contributed by atoms with van der Waals surface area (Å²) >= 11 is 0. The first kappa shape index (κ1) is 11.6. The smallest absolute Gasteiger partial charge is 0.254 e. The zero-order chi connectivity index (χ0) is 12.4. The van der Waals surface area contributed by atoms with Gasteiger partial charge in [-0.3, -0.25) is 9.36 Å². The second-order valence-electron chi connectivity index (χ2n) is 4.30. The Morgan fingerprint density at radius 2 is 2.18 bits per heavy atom. The van der Waals surface area contributed by atoms with Gasteiger partial charge < -0.3 is 4.42 Å². The summed E-state index contributed by atoms with van der Waals surface area (Å²) in [5.41, 5.74) is 0.717. The molecule has 0 saturated carbocycles. The molecule has 0 fully saturated rings. The largest absolute Gasteiger partial charge is 0.444 e. The third-order valence-electron chi connectivity index (χ3n) is 2.47. The maximum absolute atomic E-state index is 11.8. The molecule has 0 amide bonds. The number of nitrogens with zero attached hydrogens (tertiary/aromatic N) is 3. The molecule has 0 aliphatic heterocycles. The third-order valence-corrected chi connectivity index (χ3v) is 2.47. The van der Waals surface area contributed by atoms with Crippen molar-refractivity contribution in [3.8, 4) is 0 Å². The van der Waals surface area contributed by atoms with Gasteiger partial charge in [0.15, 0.2) is 0 Å². The molecule has 2 rings (SSSR count). The average molecular weight is 233 g/mol. The van der Waals surface area contributed by atoms with Gasteiger partial charge in [-0.15, -0.1) is 0 Å². The van der Waals surface area contributed by atoms with E-state index in [0.717, 1.165) is 11.5 Å². The Kier molecular flexibility index (Phi) is 3.08. The molecule has 0 radical (unpaired) electrons. The van der Waals surface area contributed by atoms with Crippen molar-refractivity contribution < 1.29 is 4.42 Å². The lowest BCUT2D eigenvalue weighted by atomic mass is 10.1. The van der Waals surface area contributed by atoms with E-state index in [0.29, 0.717) is 12.4 Å². The molecule has 0 spiro atoms. The van der Waals surface area contributed by atoms with Crippen molar-refractivity contribution >= 4 is 0 Å². The van der Waals surface area contributed by atoms with E-state index in [1.54, 1.807) is 12.3 Å². The molecule has 0 unspecified atom stereocenters. The molecule has 0 aliphatic rings. The molecule has 2 aromatic rings. The van der Waals surface area contributed by atoms with E-state index in [9.17, 15) is 4.79 Å². The van der Waals surface area contributed by atoms with Gasteiger partial charge in [0.1, 0.15) is 12.3 Å². The van der Waals surface area contributed by atoms with Gasteiger partial charge in [0, 0.05) is 6.07 Å². The van der Waals surface area contributed by atoms with Gasteiger partial charge in [-0.1, -0.05) is 13.8 Å². The number of hydrogen-bond donors (Lipinski definition) is 0. The van der Waals surface area contributed by atoms with Crippen molar-refractivity contribution in [2.75, 3.05) is 0 Å². The van der Waals surface area contributed by atoms with Gasteiger partial charge in [0.05, 0.1) is 18.2 Å². The minimum Gasteiger partial charge on any atom is -0.444 e. The molecular formula is C12H15N3O2. The van der Waals surface area contributed by atoms with Crippen molar-refractivity contribution in [3.05, 3.63) is 46.3 Å². The van der Waals surface area contributed by atoms with Gasteiger partial charge >= 0.3 is 0 Å². The summed E-state index contributed by atoms with van der Waals surface area (Å²) in [6, 6.07) is 1.56. The van der Waals surface area contributed by atoms with Crippen LogP contribution in [-0.4, -0.2) is 14.5 Å². The van der Waals surface area contributed by atoms with Crippen LogP contribution < -0.4 is 5.56 Å². The van der Waals surface area contributed by atoms with E-state index in [4.69, 9.17) is 4.42 Å². The first-order valence-corrected chi connectivity index (χ1v) is 5.54. The van der Waals surface area contributed by atoms with Crippen molar-refractivity contribution in [2.45, 2.75) is 33.2 Å². The van der Waals surface area contributed by atoms with Crippen LogP contribution in [0.2, 0.25) is 0 Å². The van der Waals surface area contributed by atoms with E-state index < -0.39 is 0 Å². The van der Waals surface area contributed by atoms with Gasteiger partial charge in [-0.25, -0.2) is 9.97 Å². The van der Waals surface area contributed by atoms with Crippen molar-refractivity contribution in [2.24, 2.45) is 0 Å². The molecule has 0 atom stereocenters. The highest BCUT2D eigenvalue weighted by atomic mass is 16.4. The molecule has 0 bridgehead atoms. The predicted molar refractivity (Wildman–Crippen MR) is 62.9 cm³/mol. The summed E-state index contributed by atoms with van der Waals surface area (Å²) in [5.74, 6) is 1.50. The van der Waals surface area contributed by atoms with Crippen LogP contribution in [0.5, 0.6) is 0 Å². The number of aromatic nitrogens is 3. The molecule has 2 heterocycles. The number of rotatable bonds is 3. The van der Waals surface area contributed by atoms with Gasteiger partial charge in [-0.2, -0.15) is 0 Å². The molecule has 90 valence electrons. The maximum atomic E-state index is 11.8. The standard InChI is InChI=1S/C12H15N3O2/c1-8(2)10-4-12(16)15(7-14-10)6-11-13-5-9(3)17-11/h4-5,7-8H,6H2,1-3H3. The maximum Gasteiger partial charge on any atom is 0.254 e. The second kappa shape index (κ2) is 4.53. The second-order valence-corrected chi connectivity index (χ2v) is 4.30. The fraction of sp³-hybridized carbons (Fsp3) is 0.417. The van der Waals surface area contributed by atoms with Crippen LogP contribution in [0, 0.1) is 6.92 Å². The molecule has 17 heavy (non-hydrogen) atoms. The zero-order valence-corrected chi connectivity index (χ0v) is 10.2. The van der Waals surface area contributed by atoms with Crippen molar-refractivity contribution in [1.82, 2.24) is 14.5 Å². The molecule has 5 heteroatoms. The monoisotopic (exact) mass is 233 g/mol. The van der Waals surface area contributed by atoms with Crippen LogP contribution in [0.1, 0.15) is 37.1 Å². The van der Waals surface area contributed by atoms with Crippen LogP contribution in [-0.2, 0) is 6.54 Å². The number of oxazole rings is 1. The Balaban J connectivity index is 2.25. The van der Waals surface area contributed by atoms with Crippen LogP contribution in [0.4, 0.5) is 0 Å².